The molecule has 13 heteroatoms. The molecule has 1 aromatic heterocycles. The number of rotatable bonds is 8. The van der Waals surface area contributed by atoms with Crippen molar-refractivity contribution in [1.82, 2.24) is 10.2 Å². The third-order valence-corrected chi connectivity index (χ3v) is 7.26. The Morgan fingerprint density at radius 1 is 1.29 bits per heavy atom. The molecule has 184 valence electrons. The predicted molar refractivity (Wildman–Crippen MR) is 128 cm³/mol. The van der Waals surface area contributed by atoms with Gasteiger partial charge in [0.15, 0.2) is 5.76 Å². The van der Waals surface area contributed by atoms with E-state index in [-0.39, 0.29) is 30.4 Å². The fourth-order valence-electron chi connectivity index (χ4n) is 3.51. The smallest absolute Gasteiger partial charge is 0.352 e. The number of hydrogen-bond acceptors (Lipinski definition) is 8. The summed E-state index contributed by atoms with van der Waals surface area (Å²) >= 11 is 10.7. The average molecular weight is 586 g/mol. The van der Waals surface area contributed by atoms with Crippen molar-refractivity contribution in [3.8, 4) is 5.75 Å². The quantitative estimate of drug-likeness (QED) is 0.354. The maximum Gasteiger partial charge on any atom is 0.352 e. The first-order valence-corrected chi connectivity index (χ1v) is 12.4. The molecule has 10 nitrogen and oxygen atoms in total. The van der Waals surface area contributed by atoms with Crippen LogP contribution in [0.15, 0.2) is 50.5 Å². The minimum Gasteiger partial charge on any atom is -0.484 e. The van der Waals surface area contributed by atoms with E-state index >= 15 is 0 Å². The highest BCUT2D eigenvalue weighted by atomic mass is 79.9. The van der Waals surface area contributed by atoms with E-state index in [2.05, 4.69) is 21.2 Å². The van der Waals surface area contributed by atoms with Crippen LogP contribution in [0.1, 0.15) is 23.2 Å². The number of hydrogen-bond donors (Lipinski definition) is 2. The number of esters is 1. The Balaban J connectivity index is 1.38. The molecule has 2 atom stereocenters. The van der Waals surface area contributed by atoms with Crippen LogP contribution in [-0.4, -0.2) is 57.5 Å². The van der Waals surface area contributed by atoms with E-state index in [1.807, 2.05) is 0 Å². The van der Waals surface area contributed by atoms with Gasteiger partial charge in [-0.2, -0.15) is 0 Å². The van der Waals surface area contributed by atoms with Crippen LogP contribution in [0.5, 0.6) is 5.75 Å². The number of thioether (sulfide) groups is 1. The van der Waals surface area contributed by atoms with Crippen LogP contribution in [0.3, 0.4) is 0 Å². The summed E-state index contributed by atoms with van der Waals surface area (Å²) in [7, 11) is 0. The van der Waals surface area contributed by atoms with Crippen molar-refractivity contribution >= 4 is 63.0 Å². The van der Waals surface area contributed by atoms with E-state index in [9.17, 15) is 24.3 Å². The molecule has 0 bridgehead atoms. The third-order valence-electron chi connectivity index (χ3n) is 5.14. The van der Waals surface area contributed by atoms with Crippen molar-refractivity contribution in [1.29, 1.82) is 0 Å². The topological polar surface area (TPSA) is 135 Å². The van der Waals surface area contributed by atoms with Crippen LogP contribution < -0.4 is 10.1 Å². The first kappa shape index (κ1) is 25.1. The van der Waals surface area contributed by atoms with Crippen molar-refractivity contribution < 1.29 is 38.2 Å². The second-order valence-electron chi connectivity index (χ2n) is 7.53. The number of nitrogens with one attached hydrogen (secondary N) is 1. The number of halogens is 2. The Bertz CT molecular complexity index is 1250. The number of carbonyl (C=O) groups is 4. The number of carbonyl (C=O) groups excluding carboxylic acids is 3. The Kier molecular flexibility index (Phi) is 7.43. The van der Waals surface area contributed by atoms with E-state index in [1.54, 1.807) is 24.3 Å². The molecular weight excluding hydrogens is 568 g/mol. The molecule has 0 spiro atoms. The SMILES string of the molecule is CC(=O)OCC1=C(C(=O)O)N2C(=O)[C@H](NC(=O)c3ccc(COc4ccc(Br)cc4Cl)o3)[C@H]2SC1. The number of benzene rings is 1. The Hall–Kier alpha value is -2.96. The lowest BCUT2D eigenvalue weighted by atomic mass is 10.0. The zero-order chi connectivity index (χ0) is 25.3. The highest BCUT2D eigenvalue weighted by Gasteiger charge is 2.54. The molecule has 4 rings (SSSR count). The van der Waals surface area contributed by atoms with Crippen LogP contribution in [0.2, 0.25) is 5.02 Å². The van der Waals surface area contributed by atoms with Gasteiger partial charge in [0, 0.05) is 22.7 Å². The number of ether oxygens (including phenoxy) is 2. The molecule has 1 aromatic carbocycles. The van der Waals surface area contributed by atoms with E-state index in [4.69, 9.17) is 25.5 Å². The lowest BCUT2D eigenvalue weighted by molar-refractivity contribution is -0.149. The maximum absolute atomic E-state index is 12.7. The van der Waals surface area contributed by atoms with Crippen LogP contribution in [0, 0.1) is 0 Å². The predicted octanol–water partition coefficient (Wildman–Crippen LogP) is 3.19. The van der Waals surface area contributed by atoms with Gasteiger partial charge in [0.05, 0.1) is 5.02 Å². The van der Waals surface area contributed by atoms with E-state index in [1.165, 1.54) is 24.8 Å². The number of β-lactam (4-membered cyclic amide) rings is 1. The van der Waals surface area contributed by atoms with Crippen LogP contribution >= 0.6 is 39.3 Å². The summed E-state index contributed by atoms with van der Waals surface area (Å²) in [5.41, 5.74) is 0.0863. The molecule has 1 fully saturated rings. The first-order chi connectivity index (χ1) is 16.7. The molecule has 35 heavy (non-hydrogen) atoms. The molecule has 2 aliphatic heterocycles. The minimum absolute atomic E-state index is 0.0258. The van der Waals surface area contributed by atoms with Gasteiger partial charge in [-0.05, 0) is 30.3 Å². The number of carboxylic acids is 1. The van der Waals surface area contributed by atoms with Crippen molar-refractivity contribution in [3.63, 3.8) is 0 Å². The standard InChI is InChI=1S/C22H18BrClN2O8S/c1-10(27)32-7-11-9-35-21-17(20(29)26(21)18(11)22(30)31)25-19(28)16-5-3-13(34-16)8-33-15-4-2-12(23)6-14(15)24/h2-6,17,21H,7-9H2,1H3,(H,25,28)(H,30,31)/t17-,21+/m0/s1. The van der Waals surface area contributed by atoms with Crippen molar-refractivity contribution in [3.05, 3.63) is 62.6 Å². The van der Waals surface area contributed by atoms with E-state index in [0.29, 0.717) is 22.1 Å². The molecular formula is C22H18BrClN2O8S. The minimum atomic E-state index is -1.31. The van der Waals surface area contributed by atoms with Crippen LogP contribution in [0.25, 0.3) is 0 Å². The second kappa shape index (κ2) is 10.3. The Labute approximate surface area is 216 Å². The van der Waals surface area contributed by atoms with Gasteiger partial charge in [0.25, 0.3) is 11.8 Å². The number of carboxylic acid groups (broad SMARTS) is 1. The van der Waals surface area contributed by atoms with Crippen molar-refractivity contribution in [2.24, 2.45) is 0 Å². The summed E-state index contributed by atoms with van der Waals surface area (Å²) in [4.78, 5) is 49.3. The fraction of sp³-hybridized carbons (Fsp3) is 0.273. The largest absolute Gasteiger partial charge is 0.484 e. The van der Waals surface area contributed by atoms with Crippen molar-refractivity contribution in [2.75, 3.05) is 12.4 Å². The van der Waals surface area contributed by atoms with Gasteiger partial charge < -0.3 is 24.3 Å². The number of aliphatic carboxylic acids is 1. The molecule has 3 heterocycles. The third kappa shape index (κ3) is 5.34. The van der Waals surface area contributed by atoms with Crippen LogP contribution in [-0.2, 0) is 25.7 Å². The van der Waals surface area contributed by atoms with Gasteiger partial charge in [-0.25, -0.2) is 4.79 Å². The van der Waals surface area contributed by atoms with E-state index in [0.717, 1.165) is 9.37 Å². The first-order valence-electron chi connectivity index (χ1n) is 10.2. The zero-order valence-corrected chi connectivity index (χ0v) is 21.2. The molecule has 0 radical (unpaired) electrons. The summed E-state index contributed by atoms with van der Waals surface area (Å²) in [5, 5.41) is 12.0. The van der Waals surface area contributed by atoms with Gasteiger partial charge in [-0.15, -0.1) is 11.8 Å². The molecule has 0 aliphatic carbocycles. The highest BCUT2D eigenvalue weighted by molar-refractivity contribution is 9.10. The molecule has 0 unspecified atom stereocenters. The number of fused-ring (bicyclic) bond motifs is 1. The second-order valence-corrected chi connectivity index (χ2v) is 9.96. The molecule has 2 N–H and O–H groups in total. The molecule has 0 saturated carbocycles. The zero-order valence-electron chi connectivity index (χ0n) is 18.1. The lowest BCUT2D eigenvalue weighted by Crippen LogP contribution is -2.70. The number of nitrogens with zero attached hydrogens (tertiary/aromatic N) is 1. The van der Waals surface area contributed by atoms with E-state index < -0.39 is 35.2 Å². The molecule has 2 aromatic rings. The lowest BCUT2D eigenvalue weighted by Gasteiger charge is -2.49. The molecule has 2 amide bonds. The summed E-state index contributed by atoms with van der Waals surface area (Å²) in [6.45, 7) is 1.02. The molecule has 2 aliphatic rings. The summed E-state index contributed by atoms with van der Waals surface area (Å²) in [5.74, 6) is -2.04. The highest BCUT2D eigenvalue weighted by Crippen LogP contribution is 2.40. The van der Waals surface area contributed by atoms with Gasteiger partial charge >= 0.3 is 11.9 Å². The van der Waals surface area contributed by atoms with Gasteiger partial charge in [0.1, 0.15) is 41.8 Å². The summed E-state index contributed by atoms with van der Waals surface area (Å²) in [6, 6.07) is 7.24. The van der Waals surface area contributed by atoms with Crippen LogP contribution in [0.4, 0.5) is 0 Å². The Morgan fingerprint density at radius 3 is 2.74 bits per heavy atom. The average Bonchev–Trinajstić information content (AvgIpc) is 3.28. The summed E-state index contributed by atoms with van der Waals surface area (Å²) in [6.07, 6.45) is 0. The van der Waals surface area contributed by atoms with Gasteiger partial charge in [0.2, 0.25) is 0 Å². The molecule has 1 saturated heterocycles. The van der Waals surface area contributed by atoms with Gasteiger partial charge in [-0.3, -0.25) is 19.3 Å². The maximum atomic E-state index is 12.7. The summed E-state index contributed by atoms with van der Waals surface area (Å²) < 4.78 is 16.9. The normalized spacial score (nSPS) is 19.1. The van der Waals surface area contributed by atoms with Gasteiger partial charge in [-0.1, -0.05) is 27.5 Å². The monoisotopic (exact) mass is 584 g/mol. The fourth-order valence-corrected chi connectivity index (χ4v) is 5.57. The number of amides is 2. The Morgan fingerprint density at radius 2 is 2.06 bits per heavy atom. The van der Waals surface area contributed by atoms with Crippen molar-refractivity contribution in [2.45, 2.75) is 24.9 Å². The number of furan rings is 1.